The van der Waals surface area contributed by atoms with E-state index in [1.54, 1.807) is 0 Å². The average molecular weight is 643 g/mol. The Kier molecular flexibility index (Phi) is 5.42. The molecule has 0 spiro atoms. The maximum absolute atomic E-state index is 6.50. The second-order valence-electron chi connectivity index (χ2n) is 13.9. The molecule has 0 saturated carbocycles. The van der Waals surface area contributed by atoms with Crippen LogP contribution < -0.4 is 4.90 Å². The first kappa shape index (κ1) is 27.5. The van der Waals surface area contributed by atoms with Gasteiger partial charge in [0.25, 0.3) is 0 Å². The van der Waals surface area contributed by atoms with Gasteiger partial charge in [-0.3, -0.25) is 0 Å². The van der Waals surface area contributed by atoms with Crippen LogP contribution in [0.3, 0.4) is 0 Å². The summed E-state index contributed by atoms with van der Waals surface area (Å²) in [7, 11) is 0. The Morgan fingerprint density at radius 3 is 2.14 bits per heavy atom. The first-order valence-electron chi connectivity index (χ1n) is 17.1. The van der Waals surface area contributed by atoms with Gasteiger partial charge in [-0.05, 0) is 82.9 Å². The third-order valence-corrected chi connectivity index (χ3v) is 10.8. The van der Waals surface area contributed by atoms with E-state index in [1.165, 1.54) is 27.6 Å². The van der Waals surface area contributed by atoms with Crippen molar-refractivity contribution in [3.8, 4) is 45.2 Å². The number of oxazole rings is 1. The Morgan fingerprint density at radius 2 is 1.22 bits per heavy atom. The largest absolute Gasteiger partial charge is 0.456 e. The van der Waals surface area contributed by atoms with Crippen LogP contribution in [0, 0.1) is 0 Å². The molecular formula is C46H30N2O2. The lowest BCUT2D eigenvalue weighted by Gasteiger charge is -2.29. The number of fused-ring (bicyclic) bond motifs is 9. The lowest BCUT2D eigenvalue weighted by molar-refractivity contribution is 0.590. The van der Waals surface area contributed by atoms with Gasteiger partial charge in [-0.1, -0.05) is 98.8 Å². The molecule has 7 aromatic carbocycles. The van der Waals surface area contributed by atoms with Crippen molar-refractivity contribution in [3.63, 3.8) is 0 Å². The molecule has 2 aliphatic carbocycles. The van der Waals surface area contributed by atoms with Crippen LogP contribution in [-0.4, -0.2) is 4.98 Å². The lowest BCUT2D eigenvalue weighted by atomic mass is 9.82. The van der Waals surface area contributed by atoms with Crippen molar-refractivity contribution < 1.29 is 8.83 Å². The molecule has 2 heterocycles. The number of para-hydroxylation sites is 1. The van der Waals surface area contributed by atoms with Crippen LogP contribution in [0.1, 0.15) is 25.0 Å². The zero-order valence-corrected chi connectivity index (χ0v) is 27.6. The normalized spacial score (nSPS) is 13.6. The lowest BCUT2D eigenvalue weighted by Crippen LogP contribution is -2.16. The molecule has 236 valence electrons. The van der Waals surface area contributed by atoms with Gasteiger partial charge >= 0.3 is 0 Å². The molecule has 11 rings (SSSR count). The minimum Gasteiger partial charge on any atom is -0.456 e. The number of furan rings is 1. The van der Waals surface area contributed by atoms with Gasteiger partial charge in [-0.15, -0.1) is 0 Å². The predicted molar refractivity (Wildman–Crippen MR) is 203 cm³/mol. The van der Waals surface area contributed by atoms with Crippen LogP contribution in [0.4, 0.5) is 17.1 Å². The average Bonchev–Trinajstić information content (AvgIpc) is 3.89. The zero-order chi connectivity index (χ0) is 33.1. The molecule has 0 radical (unpaired) electrons. The van der Waals surface area contributed by atoms with Gasteiger partial charge in [0.15, 0.2) is 5.76 Å². The monoisotopic (exact) mass is 642 g/mol. The molecule has 0 unspecified atom stereocenters. The van der Waals surface area contributed by atoms with E-state index in [4.69, 9.17) is 13.8 Å². The van der Waals surface area contributed by atoms with Crippen molar-refractivity contribution in [1.82, 2.24) is 4.98 Å². The first-order chi connectivity index (χ1) is 24.5. The van der Waals surface area contributed by atoms with Gasteiger partial charge in [-0.25, -0.2) is 4.98 Å². The SMILES string of the molecule is CC1(C)c2ccccc2-c2ccc(N(c3ccc4oc5ccccc5c4c3)c3ccc4c5c(cccc35)-c3nc(-c5ccccc5)oc3-4)cc21. The van der Waals surface area contributed by atoms with E-state index in [9.17, 15) is 0 Å². The van der Waals surface area contributed by atoms with Crippen molar-refractivity contribution in [1.29, 1.82) is 0 Å². The standard InChI is InChI=1S/C46H30N2O2/c1-46(2)37-17-8-6-13-30(37)31-21-19-29(26-38(31)46)48(28-20-24-41-36(25-28)32-14-7-9-18-40(32)49-41)39-23-22-35-42-33(39)15-10-16-34(42)43-44(35)50-45(47-43)27-11-4-3-5-12-27/h3-26H,1-2H3. The van der Waals surface area contributed by atoms with Gasteiger partial charge < -0.3 is 13.7 Å². The highest BCUT2D eigenvalue weighted by Crippen LogP contribution is 2.54. The van der Waals surface area contributed by atoms with Crippen LogP contribution in [-0.2, 0) is 5.41 Å². The topological polar surface area (TPSA) is 42.4 Å². The Hall–Kier alpha value is -6.39. The van der Waals surface area contributed by atoms with Crippen molar-refractivity contribution in [2.24, 2.45) is 0 Å². The molecule has 0 amide bonds. The zero-order valence-electron chi connectivity index (χ0n) is 27.6. The molecule has 2 aromatic heterocycles. The van der Waals surface area contributed by atoms with E-state index in [0.29, 0.717) is 5.89 Å². The van der Waals surface area contributed by atoms with Crippen molar-refractivity contribution >= 4 is 49.8 Å². The summed E-state index contributed by atoms with van der Waals surface area (Å²) in [6.07, 6.45) is 0. The van der Waals surface area contributed by atoms with E-state index in [0.717, 1.165) is 72.5 Å². The predicted octanol–water partition coefficient (Wildman–Crippen LogP) is 12.8. The number of aromatic nitrogens is 1. The smallest absolute Gasteiger partial charge is 0.227 e. The first-order valence-corrected chi connectivity index (χ1v) is 17.1. The fourth-order valence-corrected chi connectivity index (χ4v) is 8.47. The number of anilines is 3. The minimum atomic E-state index is -0.128. The fraction of sp³-hybridized carbons (Fsp3) is 0.0652. The Labute approximate surface area is 288 Å². The molecule has 4 heteroatoms. The van der Waals surface area contributed by atoms with E-state index < -0.39 is 0 Å². The van der Waals surface area contributed by atoms with Gasteiger partial charge in [0, 0.05) is 55.0 Å². The summed E-state index contributed by atoms with van der Waals surface area (Å²) in [6, 6.07) is 51.7. The molecule has 0 bridgehead atoms. The number of benzene rings is 7. The highest BCUT2D eigenvalue weighted by molar-refractivity contribution is 6.18. The summed E-state index contributed by atoms with van der Waals surface area (Å²) in [5, 5.41) is 4.52. The van der Waals surface area contributed by atoms with Crippen LogP contribution in [0.15, 0.2) is 154 Å². The molecular weight excluding hydrogens is 613 g/mol. The highest BCUT2D eigenvalue weighted by atomic mass is 16.4. The third kappa shape index (κ3) is 3.68. The third-order valence-electron chi connectivity index (χ3n) is 10.8. The number of hydrogen-bond donors (Lipinski definition) is 0. The molecule has 9 aromatic rings. The van der Waals surface area contributed by atoms with E-state index >= 15 is 0 Å². The number of rotatable bonds is 4. The minimum absolute atomic E-state index is 0.128. The molecule has 4 nitrogen and oxygen atoms in total. The Morgan fingerprint density at radius 1 is 0.520 bits per heavy atom. The molecule has 0 fully saturated rings. The molecule has 50 heavy (non-hydrogen) atoms. The molecule has 0 saturated heterocycles. The number of nitrogens with zero attached hydrogens (tertiary/aromatic N) is 2. The van der Waals surface area contributed by atoms with Crippen LogP contribution >= 0.6 is 0 Å². The molecule has 2 aliphatic rings. The van der Waals surface area contributed by atoms with Crippen molar-refractivity contribution in [2.75, 3.05) is 4.90 Å². The van der Waals surface area contributed by atoms with Crippen molar-refractivity contribution in [2.45, 2.75) is 19.3 Å². The maximum Gasteiger partial charge on any atom is 0.227 e. The fourth-order valence-electron chi connectivity index (χ4n) is 8.47. The van der Waals surface area contributed by atoms with Gasteiger partial charge in [-0.2, -0.15) is 0 Å². The quantitative estimate of drug-likeness (QED) is 0.192. The van der Waals surface area contributed by atoms with Crippen LogP contribution in [0.25, 0.3) is 77.9 Å². The maximum atomic E-state index is 6.50. The molecule has 0 aliphatic heterocycles. The summed E-state index contributed by atoms with van der Waals surface area (Å²) in [5.41, 5.74) is 14.3. The van der Waals surface area contributed by atoms with Crippen LogP contribution in [0.2, 0.25) is 0 Å². The summed E-state index contributed by atoms with van der Waals surface area (Å²) in [4.78, 5) is 7.44. The summed E-state index contributed by atoms with van der Waals surface area (Å²) in [5.74, 6) is 1.47. The number of hydrogen-bond acceptors (Lipinski definition) is 4. The van der Waals surface area contributed by atoms with Gasteiger partial charge in [0.05, 0.1) is 5.69 Å². The summed E-state index contributed by atoms with van der Waals surface area (Å²) in [6.45, 7) is 4.68. The Bertz CT molecular complexity index is 2830. The summed E-state index contributed by atoms with van der Waals surface area (Å²) < 4.78 is 12.8. The molecule has 0 N–H and O–H groups in total. The van der Waals surface area contributed by atoms with E-state index in [2.05, 4.69) is 122 Å². The van der Waals surface area contributed by atoms with Gasteiger partial charge in [0.1, 0.15) is 16.9 Å². The second-order valence-corrected chi connectivity index (χ2v) is 13.9. The van der Waals surface area contributed by atoms with Crippen LogP contribution in [0.5, 0.6) is 0 Å². The van der Waals surface area contributed by atoms with Gasteiger partial charge in [0.2, 0.25) is 5.89 Å². The summed E-state index contributed by atoms with van der Waals surface area (Å²) >= 11 is 0. The van der Waals surface area contributed by atoms with E-state index in [-0.39, 0.29) is 5.41 Å². The second kappa shape index (κ2) is 9.83. The van der Waals surface area contributed by atoms with Crippen molar-refractivity contribution in [3.05, 3.63) is 157 Å². The van der Waals surface area contributed by atoms with E-state index in [1.807, 2.05) is 42.5 Å². The Balaban J connectivity index is 1.14. The highest BCUT2D eigenvalue weighted by Gasteiger charge is 2.36. The molecule has 0 atom stereocenters.